The van der Waals surface area contributed by atoms with Gasteiger partial charge in [-0.15, -0.1) is 0 Å². The fraction of sp³-hybridized carbons (Fsp3) is 0.727. The normalized spacial score (nSPS) is 19.6. The third-order valence-electron chi connectivity index (χ3n) is 2.03. The van der Waals surface area contributed by atoms with Gasteiger partial charge in [0.25, 0.3) is 0 Å². The average molecular weight is 225 g/mol. The molecule has 5 heteroatoms. The lowest BCUT2D eigenvalue weighted by Gasteiger charge is -2.30. The number of aliphatic imine (C=N–C) groups is 2. The molecule has 1 heterocycles. The fourth-order valence-electron chi connectivity index (χ4n) is 1.35. The molecule has 0 radical (unpaired) electrons. The van der Waals surface area contributed by atoms with E-state index in [0.29, 0.717) is 13.1 Å². The van der Waals surface area contributed by atoms with Gasteiger partial charge in [0.15, 0.2) is 0 Å². The van der Waals surface area contributed by atoms with E-state index in [1.807, 2.05) is 27.7 Å². The zero-order valence-corrected chi connectivity index (χ0v) is 10.3. The molecule has 1 unspecified atom stereocenters. The number of ether oxygens (including phenoxy) is 1. The van der Waals surface area contributed by atoms with Gasteiger partial charge in [0.05, 0.1) is 6.54 Å². The Balaban J connectivity index is 2.63. The van der Waals surface area contributed by atoms with Gasteiger partial charge in [-0.05, 0) is 27.7 Å². The molecule has 1 aliphatic heterocycles. The van der Waals surface area contributed by atoms with Crippen molar-refractivity contribution < 1.29 is 9.53 Å². The minimum atomic E-state index is -0.480. The second-order valence-electron chi connectivity index (χ2n) is 4.56. The van der Waals surface area contributed by atoms with Gasteiger partial charge in [-0.2, -0.15) is 0 Å². The monoisotopic (exact) mass is 225 g/mol. The Kier molecular flexibility index (Phi) is 4.04. The zero-order valence-electron chi connectivity index (χ0n) is 10.3. The molecule has 0 spiro atoms. The summed E-state index contributed by atoms with van der Waals surface area (Å²) < 4.78 is 5.31. The smallest absolute Gasteiger partial charge is 0.412 e. The SMILES string of the molecule is CCN(C(=O)OC(C)(C)C)C1CN=CC=N1. The van der Waals surface area contributed by atoms with Gasteiger partial charge < -0.3 is 4.74 Å². The molecule has 0 aromatic rings. The molecule has 0 saturated carbocycles. The van der Waals surface area contributed by atoms with E-state index in [0.717, 1.165) is 0 Å². The molecule has 1 amide bonds. The standard InChI is InChI=1S/C11H19N3O2/c1-5-14(9-8-12-6-7-13-9)10(15)16-11(2,3)4/h6-7,9H,5,8H2,1-4H3. The Hall–Kier alpha value is -1.39. The summed E-state index contributed by atoms with van der Waals surface area (Å²) in [6, 6.07) is 0. The molecule has 0 fully saturated rings. The Labute approximate surface area is 96.2 Å². The van der Waals surface area contributed by atoms with Gasteiger partial charge in [-0.25, -0.2) is 4.79 Å². The minimum absolute atomic E-state index is 0.232. The lowest BCUT2D eigenvalue weighted by Crippen LogP contribution is -2.44. The first kappa shape index (κ1) is 12.7. The van der Waals surface area contributed by atoms with Crippen molar-refractivity contribution in [2.45, 2.75) is 39.5 Å². The highest BCUT2D eigenvalue weighted by Gasteiger charge is 2.26. The van der Waals surface area contributed by atoms with E-state index in [9.17, 15) is 4.79 Å². The zero-order chi connectivity index (χ0) is 12.2. The van der Waals surface area contributed by atoms with Crippen LogP contribution < -0.4 is 0 Å². The van der Waals surface area contributed by atoms with Crippen LogP contribution in [0.3, 0.4) is 0 Å². The van der Waals surface area contributed by atoms with E-state index in [2.05, 4.69) is 9.98 Å². The number of carbonyl (C=O) groups excluding carboxylic acids is 1. The molecule has 0 N–H and O–H groups in total. The van der Waals surface area contributed by atoms with Gasteiger partial charge in [0.1, 0.15) is 11.8 Å². The highest BCUT2D eigenvalue weighted by atomic mass is 16.6. The van der Waals surface area contributed by atoms with Crippen LogP contribution in [0.2, 0.25) is 0 Å². The number of hydrogen-bond acceptors (Lipinski definition) is 4. The summed E-state index contributed by atoms with van der Waals surface area (Å²) in [6.07, 6.45) is 2.68. The Morgan fingerprint density at radius 2 is 2.19 bits per heavy atom. The maximum Gasteiger partial charge on any atom is 0.412 e. The Bertz CT molecular complexity index is 305. The van der Waals surface area contributed by atoms with Crippen LogP contribution in [0, 0.1) is 0 Å². The summed E-state index contributed by atoms with van der Waals surface area (Å²) in [6.45, 7) is 8.51. The van der Waals surface area contributed by atoms with Crippen molar-refractivity contribution in [2.75, 3.05) is 13.1 Å². The maximum absolute atomic E-state index is 11.9. The molecular weight excluding hydrogens is 206 g/mol. The van der Waals surface area contributed by atoms with Gasteiger partial charge in [-0.3, -0.25) is 14.9 Å². The quantitative estimate of drug-likeness (QED) is 0.718. The summed E-state index contributed by atoms with van der Waals surface area (Å²) in [5.74, 6) is 0. The van der Waals surface area contributed by atoms with Crippen LogP contribution in [0.5, 0.6) is 0 Å². The first-order chi connectivity index (χ1) is 7.44. The van der Waals surface area contributed by atoms with Crippen molar-refractivity contribution in [1.29, 1.82) is 0 Å². The van der Waals surface area contributed by atoms with Gasteiger partial charge in [0, 0.05) is 19.0 Å². The van der Waals surface area contributed by atoms with Crippen LogP contribution >= 0.6 is 0 Å². The van der Waals surface area contributed by atoms with Crippen molar-refractivity contribution in [3.8, 4) is 0 Å². The first-order valence-electron chi connectivity index (χ1n) is 5.45. The van der Waals surface area contributed by atoms with E-state index in [-0.39, 0.29) is 12.3 Å². The summed E-state index contributed by atoms with van der Waals surface area (Å²) in [5.41, 5.74) is -0.480. The number of rotatable bonds is 2. The predicted octanol–water partition coefficient (Wildman–Crippen LogP) is 1.72. The fourth-order valence-corrected chi connectivity index (χ4v) is 1.35. The topological polar surface area (TPSA) is 54.3 Å². The van der Waals surface area contributed by atoms with Crippen LogP contribution in [0.1, 0.15) is 27.7 Å². The third-order valence-corrected chi connectivity index (χ3v) is 2.03. The molecule has 0 saturated heterocycles. The molecule has 16 heavy (non-hydrogen) atoms. The van der Waals surface area contributed by atoms with E-state index >= 15 is 0 Å². The summed E-state index contributed by atoms with van der Waals surface area (Å²) in [4.78, 5) is 21.7. The van der Waals surface area contributed by atoms with Gasteiger partial charge in [0.2, 0.25) is 0 Å². The van der Waals surface area contributed by atoms with Crippen LogP contribution in [0.15, 0.2) is 9.98 Å². The number of amides is 1. The maximum atomic E-state index is 11.9. The summed E-state index contributed by atoms with van der Waals surface area (Å²) in [5, 5.41) is 0. The second kappa shape index (κ2) is 5.09. The van der Waals surface area contributed by atoms with Crippen LogP contribution in [0.4, 0.5) is 4.79 Å². The minimum Gasteiger partial charge on any atom is -0.444 e. The van der Waals surface area contributed by atoms with E-state index in [4.69, 9.17) is 4.74 Å². The molecule has 0 aromatic carbocycles. The van der Waals surface area contributed by atoms with E-state index < -0.39 is 5.60 Å². The molecule has 1 rings (SSSR count). The van der Waals surface area contributed by atoms with Gasteiger partial charge in [-0.1, -0.05) is 0 Å². The van der Waals surface area contributed by atoms with E-state index in [1.54, 1.807) is 17.3 Å². The highest BCUT2D eigenvalue weighted by molar-refractivity contribution is 6.16. The average Bonchev–Trinajstić information content (AvgIpc) is 2.17. The van der Waals surface area contributed by atoms with Crippen molar-refractivity contribution in [1.82, 2.24) is 4.90 Å². The highest BCUT2D eigenvalue weighted by Crippen LogP contribution is 2.13. The molecule has 0 bridgehead atoms. The van der Waals surface area contributed by atoms with E-state index in [1.165, 1.54) is 0 Å². The van der Waals surface area contributed by atoms with Gasteiger partial charge >= 0.3 is 6.09 Å². The lowest BCUT2D eigenvalue weighted by molar-refractivity contribution is 0.0188. The molecule has 90 valence electrons. The largest absolute Gasteiger partial charge is 0.444 e. The first-order valence-corrected chi connectivity index (χ1v) is 5.45. The summed E-state index contributed by atoms with van der Waals surface area (Å²) >= 11 is 0. The number of likely N-dealkylation sites (N-methyl/N-ethyl adjacent to an activating group) is 1. The molecule has 5 nitrogen and oxygen atoms in total. The molecular formula is C11H19N3O2. The molecule has 0 aromatic heterocycles. The van der Waals surface area contributed by atoms with Crippen LogP contribution in [-0.2, 0) is 4.74 Å². The van der Waals surface area contributed by atoms with Crippen molar-refractivity contribution in [3.05, 3.63) is 0 Å². The predicted molar refractivity (Wildman–Crippen MR) is 64.3 cm³/mol. The number of hydrogen-bond donors (Lipinski definition) is 0. The third kappa shape index (κ3) is 3.64. The van der Waals surface area contributed by atoms with Crippen LogP contribution in [0.25, 0.3) is 0 Å². The molecule has 1 aliphatic rings. The number of nitrogens with zero attached hydrogens (tertiary/aromatic N) is 3. The van der Waals surface area contributed by atoms with Crippen molar-refractivity contribution in [3.63, 3.8) is 0 Å². The van der Waals surface area contributed by atoms with Crippen molar-refractivity contribution in [2.24, 2.45) is 9.98 Å². The molecule has 1 atom stereocenters. The second-order valence-corrected chi connectivity index (χ2v) is 4.56. The summed E-state index contributed by atoms with van der Waals surface area (Å²) in [7, 11) is 0. The molecule has 0 aliphatic carbocycles. The Morgan fingerprint density at radius 1 is 1.50 bits per heavy atom. The van der Waals surface area contributed by atoms with Crippen molar-refractivity contribution >= 4 is 18.5 Å². The van der Waals surface area contributed by atoms with Crippen LogP contribution in [-0.4, -0.2) is 48.3 Å². The number of carbonyl (C=O) groups is 1. The Morgan fingerprint density at radius 3 is 2.62 bits per heavy atom. The lowest BCUT2D eigenvalue weighted by atomic mass is 10.2.